The van der Waals surface area contributed by atoms with Crippen molar-refractivity contribution in [1.82, 2.24) is 0 Å². The highest BCUT2D eigenvalue weighted by Crippen LogP contribution is 0.581. The van der Waals surface area contributed by atoms with Crippen LogP contribution in [-0.4, -0.2) is 0 Å². The van der Waals surface area contributed by atoms with Crippen molar-refractivity contribution in [2.24, 2.45) is 0 Å². The van der Waals surface area contributed by atoms with Crippen LogP contribution in [0.15, 0.2) is 0 Å². The second kappa shape index (κ2) is 344. The zero-order valence-corrected chi connectivity index (χ0v) is 2.15. The van der Waals surface area contributed by atoms with E-state index in [1.165, 1.54) is 12.8 Å². The molecule has 0 atom stereocenters. The largest absolute Gasteiger partial charge is 0.124 e. The first-order valence-corrected chi connectivity index (χ1v) is 0.577. The molecule has 0 aromatic heterocycles. The van der Waals surface area contributed by atoms with Gasteiger partial charge in [-0.1, -0.05) is 37.1 Å². The van der Waals surface area contributed by atoms with Crippen LogP contribution in [0.1, 0.15) is 39.9 Å². The van der Waals surface area contributed by atoms with E-state index < -0.39 is 0 Å². The molecule has 0 N–H and O–H groups in total. The van der Waals surface area contributed by atoms with Gasteiger partial charge in [0.15, 0.2) is 0 Å². The van der Waals surface area contributed by atoms with E-state index in [0.717, 1.165) is 0 Å². The maximum atomic E-state index is 5.74. The van der Waals surface area contributed by atoms with Gasteiger partial charge in [0.2, 0.25) is 0 Å². The predicted octanol–water partition coefficient (Wildman–Crippen LogP) is 3.68. The third kappa shape index (κ3) is 241. The van der Waals surface area contributed by atoms with Crippen molar-refractivity contribution in [3.63, 3.8) is 0 Å². The summed E-state index contributed by atoms with van der Waals surface area (Å²) >= 11 is 0. The molecule has 0 rings (SSSR count). The fraction of sp³-hybridized carbons (Fsp3) is 0.556. The molecule has 0 heteroatoms. The maximum absolute atomic E-state index is 5.74. The van der Waals surface area contributed by atoms with Crippen molar-refractivity contribution in [2.75, 3.05) is 0 Å². The van der Waals surface area contributed by atoms with E-state index in [4.69, 9.17) is 2.74 Å². The molecule has 0 radical (unpaired) electrons. The van der Waals surface area contributed by atoms with Gasteiger partial charge >= 0.3 is 0 Å². The molecule has 60 valence electrons. The fourth-order valence-electron chi connectivity index (χ4n) is 0. The highest BCUT2D eigenvalue weighted by molar-refractivity contribution is 4.47. The molecule has 0 saturated carbocycles. The zero-order valence-electron chi connectivity index (χ0n) is 4.15. The summed E-state index contributed by atoms with van der Waals surface area (Å²) in [5.41, 5.74) is 0. The van der Waals surface area contributed by atoms with Crippen molar-refractivity contribution < 1.29 is 2.74 Å². The van der Waals surface area contributed by atoms with Crippen LogP contribution >= 0.6 is 0 Å². The van der Waals surface area contributed by atoms with Crippen LogP contribution in [-0.2, 0) is 0 Å². The second-order valence-corrected chi connectivity index (χ2v) is 0. The lowest BCUT2D eigenvalue weighted by Gasteiger charge is -0.701. The second-order valence-electron chi connectivity index (χ2n) is 0. The Morgan fingerprint density at radius 2 is 0.667 bits per heavy atom. The lowest BCUT2D eigenvalue weighted by molar-refractivity contribution is 2.50. The van der Waals surface area contributed by atoms with Gasteiger partial charge < -0.3 is 0 Å². The molecule has 0 bridgehead atoms. The third-order valence-electron chi connectivity index (χ3n) is 0. The minimum Gasteiger partial charge on any atom is -0.124 e. The van der Waals surface area contributed by atoms with E-state index >= 15 is 0 Å². The van der Waals surface area contributed by atoms with E-state index in [9.17, 15) is 0 Å². The smallest absolute Gasteiger partial charge is 0.124 e. The Hall–Kier alpha value is -0.880. The Bertz CT molecular complexity index is 62.5. The van der Waals surface area contributed by atoms with Gasteiger partial charge in [0.25, 0.3) is 0 Å². The lowest BCUT2D eigenvalue weighted by Crippen LogP contribution is -0.576. The van der Waals surface area contributed by atoms with Gasteiger partial charge in [-0.3, -0.25) is 0 Å². The van der Waals surface area contributed by atoms with Crippen molar-refractivity contribution in [3.05, 3.63) is 0 Å². The first-order valence-electron chi connectivity index (χ1n) is 1.58. The molecule has 0 fully saturated rings. The first kappa shape index (κ1) is 42.3. The van der Waals surface area contributed by atoms with Gasteiger partial charge in [-0.25, -0.2) is 0 Å². The van der Waals surface area contributed by atoms with Crippen LogP contribution in [0.4, 0.5) is 0 Å². The summed E-state index contributed by atoms with van der Waals surface area (Å²) in [6.45, 7) is 0. The molecule has 0 heterocycles. The molecule has 0 amide bonds. The highest BCUT2D eigenvalue weighted by Gasteiger charge is 0.456. The minimum absolute atomic E-state index is 0. The van der Waals surface area contributed by atoms with Gasteiger partial charge in [0, 0.05) is 0 Å². The number of hydrogen-bond donors (Lipinski definition) is 0. The molecule has 0 aliphatic heterocycles. The van der Waals surface area contributed by atoms with Crippen molar-refractivity contribution >= 4 is 0 Å². The summed E-state index contributed by atoms with van der Waals surface area (Å²) < 4.78 is 11.5. The van der Waals surface area contributed by atoms with E-state index in [0.29, 0.717) is 0 Å². The van der Waals surface area contributed by atoms with E-state index in [1.807, 2.05) is 0 Å². The summed E-state index contributed by atoms with van der Waals surface area (Å²) in [6, 6.07) is 0. The predicted molar refractivity (Wildman–Crippen MR) is 53.4 cm³/mol. The third-order valence-corrected chi connectivity index (χ3v) is 0. The molecule has 9 heavy (non-hydrogen) atoms. The summed E-state index contributed by atoms with van der Waals surface area (Å²) in [5.74, 6) is 0. The Balaban J connectivity index is -0.00000000400. The molecule has 0 aromatic rings. The number of hydrogen-bond acceptors (Lipinski definition) is 0. The maximum Gasteiger partial charge on any atom is 0.124 e. The van der Waals surface area contributed by atoms with Gasteiger partial charge in [-0.15, -0.1) is 25.6 Å². The summed E-state index contributed by atoms with van der Waals surface area (Å²) in [4.78, 5) is 0. The topological polar surface area (TPSA) is 0 Å². The fourth-order valence-corrected chi connectivity index (χ4v) is 0. The Morgan fingerprint density at radius 1 is 0.667 bits per heavy atom. The minimum atomic E-state index is 0. The first-order chi connectivity index (χ1) is 2.83. The SMILES string of the molecule is C.C.C.C.C.[3H]C#C.[3H]C#C. The average Bonchev–Trinajstić information content (AvgIpc) is 1.39. The van der Waals surface area contributed by atoms with Crippen LogP contribution in [0.5, 0.6) is 0 Å². The summed E-state index contributed by atoms with van der Waals surface area (Å²) in [6.07, 6.45) is 11.5. The Morgan fingerprint density at radius 3 is 0.667 bits per heavy atom. The highest BCUT2D eigenvalue weighted by atomic mass is 12.6. The molecular weight excluding hydrogens is 108 g/mol. The molecule has 0 aliphatic rings. The molecule has 0 aliphatic carbocycles. The Labute approximate surface area is 66.5 Å². The van der Waals surface area contributed by atoms with Gasteiger partial charge in [-0.05, 0) is 0 Å². The van der Waals surface area contributed by atoms with Crippen LogP contribution in [0.2, 0.25) is 0 Å². The quantitative estimate of drug-likeness (QED) is 0.446. The summed E-state index contributed by atoms with van der Waals surface area (Å²) in [7, 11) is 0. The van der Waals surface area contributed by atoms with E-state index in [2.05, 4.69) is 12.8 Å². The summed E-state index contributed by atoms with van der Waals surface area (Å²) in [5, 5.41) is 0. The number of terminal acetylenes is 2. The van der Waals surface area contributed by atoms with E-state index in [-0.39, 0.29) is 37.1 Å². The van der Waals surface area contributed by atoms with Crippen LogP contribution in [0.25, 0.3) is 0 Å². The molecule has 0 unspecified atom stereocenters. The monoisotopic (exact) mass is 136 g/mol. The Kier molecular flexibility index (Phi) is 1620. The van der Waals surface area contributed by atoms with Crippen LogP contribution in [0, 0.1) is 25.6 Å². The normalized spacial score (nSPS) is 2.00. The van der Waals surface area contributed by atoms with Crippen LogP contribution in [0.3, 0.4) is 0 Å². The molecule has 0 spiro atoms. The molecule has 0 aromatic carbocycles. The molecular formula is C9H24. The van der Waals surface area contributed by atoms with Gasteiger partial charge in [0.05, 0.1) is 0 Å². The number of rotatable bonds is 0. The van der Waals surface area contributed by atoms with Crippen molar-refractivity contribution in [1.29, 1.82) is 0 Å². The standard InChI is InChI=1S/2C2H2.5CH4/c2*1-2;;;;;/h2*1-2H;5*1H4/i2*1T;;;;;. The zero-order chi connectivity index (χ0) is 5.41. The van der Waals surface area contributed by atoms with Crippen molar-refractivity contribution in [3.8, 4) is 25.6 Å². The lowest BCUT2D eigenvalue weighted by atomic mass is 11.4. The van der Waals surface area contributed by atoms with E-state index in [1.54, 1.807) is 0 Å². The molecule has 0 saturated heterocycles. The van der Waals surface area contributed by atoms with Gasteiger partial charge in [0.1, 0.15) is 2.74 Å². The van der Waals surface area contributed by atoms with Crippen LogP contribution < -0.4 is 0 Å². The average molecular weight is 136 g/mol. The van der Waals surface area contributed by atoms with Crippen molar-refractivity contribution in [2.45, 2.75) is 37.1 Å². The van der Waals surface area contributed by atoms with Gasteiger partial charge in [-0.2, -0.15) is 0 Å². The molecule has 0 nitrogen and oxygen atoms in total.